The number of allylic oxidation sites excluding steroid dienone is 2. The van der Waals surface area contributed by atoms with Gasteiger partial charge in [0.2, 0.25) is 0 Å². The van der Waals surface area contributed by atoms with Crippen LogP contribution >= 0.6 is 0 Å². The number of rotatable bonds is 1. The lowest BCUT2D eigenvalue weighted by Gasteiger charge is -2.11. The molecule has 80 valence electrons. The van der Waals surface area contributed by atoms with Gasteiger partial charge >= 0.3 is 0 Å². The topological polar surface area (TPSA) is 20.2 Å². The average molecular weight is 202 g/mol. The van der Waals surface area contributed by atoms with E-state index in [2.05, 4.69) is 6.08 Å². The maximum absolute atomic E-state index is 9.24. The fourth-order valence-electron chi connectivity index (χ4n) is 2.13. The van der Waals surface area contributed by atoms with Crippen molar-refractivity contribution in [2.24, 2.45) is 0 Å². The number of phenolic OH excluding ortho intramolecular Hbond substituents is 1. The number of phenols is 1. The van der Waals surface area contributed by atoms with Gasteiger partial charge in [-0.25, -0.2) is 0 Å². The van der Waals surface area contributed by atoms with E-state index in [0.717, 1.165) is 0 Å². The highest BCUT2D eigenvalue weighted by Crippen LogP contribution is 2.26. The maximum atomic E-state index is 9.24. The summed E-state index contributed by atoms with van der Waals surface area (Å²) in [7, 11) is 0. The molecule has 0 spiro atoms. The van der Waals surface area contributed by atoms with Crippen molar-refractivity contribution >= 4 is 5.57 Å². The zero-order valence-electron chi connectivity index (χ0n) is 9.08. The third-order valence-corrected chi connectivity index (χ3v) is 3.03. The van der Waals surface area contributed by atoms with Crippen molar-refractivity contribution in [2.75, 3.05) is 0 Å². The van der Waals surface area contributed by atoms with Gasteiger partial charge in [0.15, 0.2) is 0 Å². The zero-order valence-corrected chi connectivity index (χ0v) is 9.08. The van der Waals surface area contributed by atoms with Gasteiger partial charge in [-0.2, -0.15) is 0 Å². The first kappa shape index (κ1) is 10.3. The van der Waals surface area contributed by atoms with Gasteiger partial charge < -0.3 is 5.11 Å². The van der Waals surface area contributed by atoms with Gasteiger partial charge in [0.25, 0.3) is 0 Å². The van der Waals surface area contributed by atoms with Crippen LogP contribution in [0.1, 0.15) is 44.1 Å². The van der Waals surface area contributed by atoms with Crippen LogP contribution in [0.15, 0.2) is 30.3 Å². The van der Waals surface area contributed by atoms with Gasteiger partial charge in [0, 0.05) is 0 Å². The average Bonchev–Trinajstić information content (AvgIpc) is 2.19. The largest absolute Gasteiger partial charge is 0.508 e. The molecule has 0 aromatic heterocycles. The second-order valence-corrected chi connectivity index (χ2v) is 4.23. The van der Waals surface area contributed by atoms with Gasteiger partial charge in [-0.15, -0.1) is 0 Å². The second kappa shape index (κ2) is 5.01. The molecule has 1 heteroatoms. The summed E-state index contributed by atoms with van der Waals surface area (Å²) in [6, 6.07) is 7.58. The van der Waals surface area contributed by atoms with Crippen LogP contribution in [-0.2, 0) is 0 Å². The summed E-state index contributed by atoms with van der Waals surface area (Å²) in [6.07, 6.45) is 10.1. The first-order valence-corrected chi connectivity index (χ1v) is 5.85. The van der Waals surface area contributed by atoms with Gasteiger partial charge in [-0.3, -0.25) is 0 Å². The van der Waals surface area contributed by atoms with Crippen LogP contribution in [0, 0.1) is 0 Å². The molecule has 1 aromatic rings. The summed E-state index contributed by atoms with van der Waals surface area (Å²) in [5.74, 6) is 0.352. The van der Waals surface area contributed by atoms with Crippen molar-refractivity contribution < 1.29 is 5.11 Å². The molecule has 0 bridgehead atoms. The van der Waals surface area contributed by atoms with Crippen molar-refractivity contribution in [3.63, 3.8) is 0 Å². The Balaban J connectivity index is 2.16. The SMILES string of the molecule is Oc1ccc(/C2=C/CCCCCC2)cc1. The van der Waals surface area contributed by atoms with Gasteiger partial charge in [0.1, 0.15) is 5.75 Å². The van der Waals surface area contributed by atoms with Crippen LogP contribution in [-0.4, -0.2) is 5.11 Å². The molecule has 0 atom stereocenters. The minimum atomic E-state index is 0.352. The van der Waals surface area contributed by atoms with Crippen LogP contribution in [0.25, 0.3) is 5.57 Å². The van der Waals surface area contributed by atoms with Crippen LogP contribution in [0.2, 0.25) is 0 Å². The van der Waals surface area contributed by atoms with Crippen molar-refractivity contribution in [1.29, 1.82) is 0 Å². The molecule has 0 saturated carbocycles. The van der Waals surface area contributed by atoms with E-state index in [1.54, 1.807) is 12.1 Å². The van der Waals surface area contributed by atoms with E-state index >= 15 is 0 Å². The Morgan fingerprint density at radius 2 is 1.60 bits per heavy atom. The Labute approximate surface area is 91.4 Å². The first-order valence-electron chi connectivity index (χ1n) is 5.85. The number of hydrogen-bond donors (Lipinski definition) is 1. The van der Waals surface area contributed by atoms with Crippen LogP contribution < -0.4 is 0 Å². The fourth-order valence-corrected chi connectivity index (χ4v) is 2.13. The molecule has 0 aliphatic heterocycles. The molecule has 1 aromatic carbocycles. The summed E-state index contributed by atoms with van der Waals surface area (Å²) in [5, 5.41) is 9.24. The molecule has 0 saturated heterocycles. The predicted molar refractivity (Wildman–Crippen MR) is 63.8 cm³/mol. The van der Waals surface area contributed by atoms with Crippen LogP contribution in [0.4, 0.5) is 0 Å². The Morgan fingerprint density at radius 1 is 0.867 bits per heavy atom. The summed E-state index contributed by atoms with van der Waals surface area (Å²) < 4.78 is 0. The molecule has 1 aliphatic rings. The van der Waals surface area contributed by atoms with E-state index in [1.807, 2.05) is 12.1 Å². The summed E-state index contributed by atoms with van der Waals surface area (Å²) in [5.41, 5.74) is 2.73. The fraction of sp³-hybridized carbons (Fsp3) is 0.429. The molecule has 0 amide bonds. The molecule has 0 unspecified atom stereocenters. The van der Waals surface area contributed by atoms with E-state index in [1.165, 1.54) is 49.7 Å². The Kier molecular flexibility index (Phi) is 3.44. The monoisotopic (exact) mass is 202 g/mol. The summed E-state index contributed by atoms with van der Waals surface area (Å²) in [4.78, 5) is 0. The lowest BCUT2D eigenvalue weighted by atomic mass is 9.95. The quantitative estimate of drug-likeness (QED) is 0.726. The first-order chi connectivity index (χ1) is 7.36. The third-order valence-electron chi connectivity index (χ3n) is 3.03. The Morgan fingerprint density at radius 3 is 2.40 bits per heavy atom. The highest BCUT2D eigenvalue weighted by Gasteiger charge is 2.04. The highest BCUT2D eigenvalue weighted by molar-refractivity contribution is 5.66. The van der Waals surface area contributed by atoms with Crippen molar-refractivity contribution in [1.82, 2.24) is 0 Å². The third kappa shape index (κ3) is 2.85. The number of aromatic hydroxyl groups is 1. The molecule has 0 radical (unpaired) electrons. The molecular formula is C14H18O. The van der Waals surface area contributed by atoms with E-state index in [0.29, 0.717) is 5.75 Å². The Hall–Kier alpha value is -1.24. The lowest BCUT2D eigenvalue weighted by Crippen LogP contribution is -1.90. The van der Waals surface area contributed by atoms with E-state index in [9.17, 15) is 5.11 Å². The summed E-state index contributed by atoms with van der Waals surface area (Å²) >= 11 is 0. The predicted octanol–water partition coefficient (Wildman–Crippen LogP) is 4.13. The normalized spacial score (nSPS) is 21.2. The van der Waals surface area contributed by atoms with Crippen molar-refractivity contribution in [3.8, 4) is 5.75 Å². The molecule has 15 heavy (non-hydrogen) atoms. The molecule has 1 nitrogen and oxygen atoms in total. The lowest BCUT2D eigenvalue weighted by molar-refractivity contribution is 0.475. The summed E-state index contributed by atoms with van der Waals surface area (Å²) in [6.45, 7) is 0. The molecule has 1 aliphatic carbocycles. The molecule has 0 heterocycles. The standard InChI is InChI=1S/C14H18O/c15-14-10-8-13(9-11-14)12-6-4-2-1-3-5-7-12/h6,8-11,15H,1-5,7H2/b12-6+. The molecular weight excluding hydrogens is 184 g/mol. The minimum Gasteiger partial charge on any atom is -0.508 e. The van der Waals surface area contributed by atoms with Crippen LogP contribution in [0.5, 0.6) is 5.75 Å². The van der Waals surface area contributed by atoms with Gasteiger partial charge in [0.05, 0.1) is 0 Å². The van der Waals surface area contributed by atoms with Gasteiger partial charge in [-0.1, -0.05) is 31.1 Å². The molecule has 0 fully saturated rings. The number of hydrogen-bond acceptors (Lipinski definition) is 1. The minimum absolute atomic E-state index is 0.352. The van der Waals surface area contributed by atoms with E-state index in [-0.39, 0.29) is 0 Å². The van der Waals surface area contributed by atoms with Crippen LogP contribution in [0.3, 0.4) is 0 Å². The Bertz CT molecular complexity index is 335. The zero-order chi connectivity index (χ0) is 10.5. The van der Waals surface area contributed by atoms with Gasteiger partial charge in [-0.05, 0) is 49.0 Å². The number of benzene rings is 1. The highest BCUT2D eigenvalue weighted by atomic mass is 16.3. The smallest absolute Gasteiger partial charge is 0.115 e. The second-order valence-electron chi connectivity index (χ2n) is 4.23. The molecule has 2 rings (SSSR count). The van der Waals surface area contributed by atoms with E-state index < -0.39 is 0 Å². The van der Waals surface area contributed by atoms with Crippen molar-refractivity contribution in [3.05, 3.63) is 35.9 Å². The van der Waals surface area contributed by atoms with E-state index in [4.69, 9.17) is 0 Å². The van der Waals surface area contributed by atoms with Crippen molar-refractivity contribution in [2.45, 2.75) is 38.5 Å². The maximum Gasteiger partial charge on any atom is 0.115 e. The molecule has 1 N–H and O–H groups in total.